The Balaban J connectivity index is 1.24. The number of nitrogen functional groups attached to an aromatic ring is 1. The third kappa shape index (κ3) is 6.60. The Hall–Kier alpha value is -3.63. The number of ether oxygens (including phenoxy) is 1. The lowest BCUT2D eigenvalue weighted by Crippen LogP contribution is -2.70. The molecule has 0 bridgehead atoms. The van der Waals surface area contributed by atoms with Crippen LogP contribution < -0.4 is 11.1 Å². The maximum atomic E-state index is 14.0. The van der Waals surface area contributed by atoms with Crippen molar-refractivity contribution in [1.29, 1.82) is 0 Å². The number of carbonyl (C=O) groups excluding carboxylic acids is 3. The summed E-state index contributed by atoms with van der Waals surface area (Å²) in [7, 11) is 0. The van der Waals surface area contributed by atoms with Gasteiger partial charge in [0.05, 0.1) is 0 Å². The second kappa shape index (κ2) is 14.0. The normalized spacial score (nSPS) is 25.0. The number of anilines is 2. The first-order chi connectivity index (χ1) is 22.3. The molecule has 2 aromatic carbocycles. The Morgan fingerprint density at radius 1 is 0.978 bits per heavy atom. The van der Waals surface area contributed by atoms with Gasteiger partial charge >= 0.3 is 12.1 Å². The number of nitrogens with two attached hydrogens (primary N) is 1. The van der Waals surface area contributed by atoms with E-state index in [1.54, 1.807) is 4.90 Å². The van der Waals surface area contributed by atoms with Crippen molar-refractivity contribution < 1.29 is 19.1 Å². The van der Waals surface area contributed by atoms with E-state index in [-0.39, 0.29) is 25.1 Å². The number of rotatable bonds is 7. The molecule has 0 unspecified atom stereocenters. The lowest BCUT2D eigenvalue weighted by molar-refractivity contribution is -0.128. The Morgan fingerprint density at radius 2 is 1.67 bits per heavy atom. The summed E-state index contributed by atoms with van der Waals surface area (Å²) in [5, 5.41) is 3.12. The molecule has 0 radical (unpaired) electrons. The highest BCUT2D eigenvalue weighted by atomic mass is 16.6. The van der Waals surface area contributed by atoms with Crippen molar-refractivity contribution in [2.45, 2.75) is 96.0 Å². The zero-order valence-corrected chi connectivity index (χ0v) is 27.5. The smallest absolute Gasteiger partial charge is 0.411 e. The third-order valence-electron chi connectivity index (χ3n) is 10.9. The van der Waals surface area contributed by atoms with Gasteiger partial charge in [0.25, 0.3) is 0 Å². The standard InChI is InChI=1S/C36H50N6O4/c1-26-22-28(23-27(2)33(26)37)25-46-35(45)42-20-13-31(41-19-10-29-8-4-5-9-32(29)38-34(41)44)24-36(42,14-21-43)40-17-11-30(12-18-40)39-15-6-3-7-16-39/h4-5,8-9,21-23,30-31H,3,6-7,10-20,24-25,37H2,1-2H3,(H,38,44)/t31-,36+/m1/s1. The van der Waals surface area contributed by atoms with Crippen LogP contribution in [0.2, 0.25) is 0 Å². The van der Waals surface area contributed by atoms with Gasteiger partial charge in [-0.25, -0.2) is 9.59 Å². The quantitative estimate of drug-likeness (QED) is 0.315. The van der Waals surface area contributed by atoms with E-state index in [9.17, 15) is 14.4 Å². The number of urea groups is 1. The molecule has 0 aliphatic carbocycles. The number of para-hydroxylation sites is 1. The molecule has 3 N–H and O–H groups in total. The van der Waals surface area contributed by atoms with Crippen LogP contribution in [0.15, 0.2) is 36.4 Å². The molecule has 0 saturated carbocycles. The Labute approximate surface area is 273 Å². The summed E-state index contributed by atoms with van der Waals surface area (Å²) in [6.45, 7) is 8.92. The number of aryl methyl sites for hydroxylation is 2. The molecular weight excluding hydrogens is 580 g/mol. The highest BCUT2D eigenvalue weighted by molar-refractivity contribution is 5.91. The van der Waals surface area contributed by atoms with E-state index in [0.29, 0.717) is 32.0 Å². The second-order valence-electron chi connectivity index (χ2n) is 13.7. The third-order valence-corrected chi connectivity index (χ3v) is 10.9. The first-order valence-corrected chi connectivity index (χ1v) is 17.2. The fraction of sp³-hybridized carbons (Fsp3) is 0.583. The Bertz CT molecular complexity index is 1400. The van der Waals surface area contributed by atoms with Crippen LogP contribution in [0.3, 0.4) is 0 Å². The van der Waals surface area contributed by atoms with Crippen molar-refractivity contribution >= 4 is 29.8 Å². The number of benzene rings is 2. The number of nitrogens with one attached hydrogen (secondary N) is 1. The number of aldehydes is 1. The topological polar surface area (TPSA) is 111 Å². The molecule has 4 heterocycles. The zero-order chi connectivity index (χ0) is 32.3. The van der Waals surface area contributed by atoms with Gasteiger partial charge in [0.1, 0.15) is 18.6 Å². The SMILES string of the molecule is Cc1cc(COC(=O)N2CC[C@@H](N3CCc4ccccc4NC3=O)C[C@@]2(CC=O)N2CCC(N3CCCCC3)CC2)cc(C)c1N. The van der Waals surface area contributed by atoms with Gasteiger partial charge in [-0.15, -0.1) is 0 Å². The number of hydrogen-bond donors (Lipinski definition) is 2. The van der Waals surface area contributed by atoms with Gasteiger partial charge in [-0.3, -0.25) is 9.80 Å². The minimum Gasteiger partial charge on any atom is -0.445 e. The summed E-state index contributed by atoms with van der Waals surface area (Å²) in [6, 6.07) is 12.1. The van der Waals surface area contributed by atoms with Crippen LogP contribution in [0, 0.1) is 13.8 Å². The van der Waals surface area contributed by atoms with E-state index >= 15 is 0 Å². The van der Waals surface area contributed by atoms with E-state index in [1.165, 1.54) is 19.3 Å². The molecule has 3 saturated heterocycles. The highest BCUT2D eigenvalue weighted by Crippen LogP contribution is 2.40. The maximum Gasteiger partial charge on any atom is 0.411 e. The molecule has 2 atom stereocenters. The van der Waals surface area contributed by atoms with Crippen LogP contribution in [0.4, 0.5) is 21.0 Å². The molecule has 0 spiro atoms. The molecule has 3 amide bonds. The maximum absolute atomic E-state index is 14.0. The molecule has 3 fully saturated rings. The molecule has 4 aliphatic heterocycles. The van der Waals surface area contributed by atoms with Crippen molar-refractivity contribution in [3.05, 3.63) is 58.7 Å². The number of likely N-dealkylation sites (tertiary alicyclic amines) is 3. The van der Waals surface area contributed by atoms with Gasteiger partial charge in [0.15, 0.2) is 0 Å². The van der Waals surface area contributed by atoms with Gasteiger partial charge in [-0.05, 0) is 93.8 Å². The summed E-state index contributed by atoms with van der Waals surface area (Å²) in [4.78, 5) is 48.9. The molecule has 10 nitrogen and oxygen atoms in total. The second-order valence-corrected chi connectivity index (χ2v) is 13.7. The number of nitrogens with zero attached hydrogens (tertiary/aromatic N) is 4. The van der Waals surface area contributed by atoms with Crippen LogP contribution in [-0.2, 0) is 22.6 Å². The predicted octanol–water partition coefficient (Wildman–Crippen LogP) is 5.31. The predicted molar refractivity (Wildman–Crippen MR) is 180 cm³/mol. The number of amides is 3. The minimum atomic E-state index is -0.874. The minimum absolute atomic E-state index is 0.121. The molecule has 6 rings (SSSR count). The van der Waals surface area contributed by atoms with Crippen molar-refractivity contribution in [3.63, 3.8) is 0 Å². The van der Waals surface area contributed by atoms with Crippen LogP contribution in [0.25, 0.3) is 0 Å². The van der Waals surface area contributed by atoms with Gasteiger partial charge in [-0.1, -0.05) is 36.8 Å². The summed E-state index contributed by atoms with van der Waals surface area (Å²) in [5.41, 5.74) is 10.8. The lowest BCUT2D eigenvalue weighted by Gasteiger charge is -2.57. The molecular formula is C36H50N6O4. The van der Waals surface area contributed by atoms with Crippen LogP contribution in [-0.4, -0.2) is 95.0 Å². The monoisotopic (exact) mass is 630 g/mol. The van der Waals surface area contributed by atoms with Gasteiger partial charge in [0, 0.05) is 62.5 Å². The molecule has 46 heavy (non-hydrogen) atoms. The van der Waals surface area contributed by atoms with Crippen LogP contribution in [0.5, 0.6) is 0 Å². The van der Waals surface area contributed by atoms with Crippen molar-refractivity contribution in [2.24, 2.45) is 0 Å². The average molecular weight is 631 g/mol. The van der Waals surface area contributed by atoms with Crippen molar-refractivity contribution in [1.82, 2.24) is 19.6 Å². The first kappa shape index (κ1) is 32.3. The molecule has 2 aromatic rings. The molecule has 10 heteroatoms. The van der Waals surface area contributed by atoms with E-state index in [4.69, 9.17) is 10.5 Å². The largest absolute Gasteiger partial charge is 0.445 e. The van der Waals surface area contributed by atoms with E-state index in [0.717, 1.165) is 85.4 Å². The van der Waals surface area contributed by atoms with Gasteiger partial charge in [0.2, 0.25) is 0 Å². The first-order valence-electron chi connectivity index (χ1n) is 17.2. The van der Waals surface area contributed by atoms with Crippen molar-refractivity contribution in [2.75, 3.05) is 50.3 Å². The number of piperidine rings is 3. The highest BCUT2D eigenvalue weighted by Gasteiger charge is 2.52. The van der Waals surface area contributed by atoms with Crippen molar-refractivity contribution in [3.8, 4) is 0 Å². The van der Waals surface area contributed by atoms with E-state index in [1.807, 2.05) is 49.1 Å². The zero-order valence-electron chi connectivity index (χ0n) is 27.5. The van der Waals surface area contributed by atoms with E-state index < -0.39 is 11.8 Å². The Kier molecular flexibility index (Phi) is 9.84. The number of hydrogen-bond acceptors (Lipinski definition) is 7. The van der Waals surface area contributed by atoms with Crippen LogP contribution >= 0.6 is 0 Å². The molecule has 0 aromatic heterocycles. The van der Waals surface area contributed by atoms with Gasteiger partial charge < -0.3 is 30.4 Å². The Morgan fingerprint density at radius 3 is 2.39 bits per heavy atom. The van der Waals surface area contributed by atoms with Crippen LogP contribution in [0.1, 0.15) is 73.6 Å². The van der Waals surface area contributed by atoms with Gasteiger partial charge in [-0.2, -0.15) is 0 Å². The average Bonchev–Trinajstić information content (AvgIpc) is 3.24. The molecule has 248 valence electrons. The van der Waals surface area contributed by atoms with E-state index in [2.05, 4.69) is 21.2 Å². The summed E-state index contributed by atoms with van der Waals surface area (Å²) in [5.74, 6) is 0. The summed E-state index contributed by atoms with van der Waals surface area (Å²) in [6.07, 6.45) is 8.38. The fourth-order valence-corrected chi connectivity index (χ4v) is 8.40. The lowest BCUT2D eigenvalue weighted by atomic mass is 9.84. The number of carbonyl (C=O) groups is 3. The molecule has 4 aliphatic rings. The summed E-state index contributed by atoms with van der Waals surface area (Å²) < 4.78 is 5.99. The summed E-state index contributed by atoms with van der Waals surface area (Å²) >= 11 is 0. The number of fused-ring (bicyclic) bond motifs is 1. The fourth-order valence-electron chi connectivity index (χ4n) is 8.40.